The highest BCUT2D eigenvalue weighted by Crippen LogP contribution is 2.31. The molecule has 19 heavy (non-hydrogen) atoms. The van der Waals surface area contributed by atoms with Gasteiger partial charge < -0.3 is 10.4 Å². The SMILES string of the molecule is O=C(O)c1ccc(NC2CCc3cccnc32)cc1. The van der Waals surface area contributed by atoms with Crippen LogP contribution in [0.3, 0.4) is 0 Å². The molecule has 0 radical (unpaired) electrons. The fourth-order valence-electron chi connectivity index (χ4n) is 2.46. The van der Waals surface area contributed by atoms with E-state index < -0.39 is 5.97 Å². The average Bonchev–Trinajstić information content (AvgIpc) is 2.83. The molecule has 1 heterocycles. The fourth-order valence-corrected chi connectivity index (χ4v) is 2.46. The predicted octanol–water partition coefficient (Wildman–Crippen LogP) is 2.88. The monoisotopic (exact) mass is 254 g/mol. The molecule has 1 unspecified atom stereocenters. The summed E-state index contributed by atoms with van der Waals surface area (Å²) in [4.78, 5) is 15.2. The Hall–Kier alpha value is -2.36. The summed E-state index contributed by atoms with van der Waals surface area (Å²) in [7, 11) is 0. The van der Waals surface area contributed by atoms with Gasteiger partial charge in [0.25, 0.3) is 0 Å². The Morgan fingerprint density at radius 2 is 2.05 bits per heavy atom. The van der Waals surface area contributed by atoms with Crippen LogP contribution in [0.4, 0.5) is 5.69 Å². The molecule has 1 aliphatic carbocycles. The van der Waals surface area contributed by atoms with E-state index in [4.69, 9.17) is 5.11 Å². The second kappa shape index (κ2) is 4.72. The molecule has 0 amide bonds. The maximum absolute atomic E-state index is 10.8. The molecule has 0 bridgehead atoms. The van der Waals surface area contributed by atoms with E-state index in [9.17, 15) is 4.79 Å². The molecule has 4 nitrogen and oxygen atoms in total. The van der Waals surface area contributed by atoms with Crippen molar-refractivity contribution in [2.24, 2.45) is 0 Å². The second-order valence-corrected chi connectivity index (χ2v) is 4.67. The number of nitrogens with one attached hydrogen (secondary N) is 1. The zero-order valence-corrected chi connectivity index (χ0v) is 10.3. The third-order valence-electron chi connectivity index (χ3n) is 3.43. The van der Waals surface area contributed by atoms with Crippen LogP contribution in [0.25, 0.3) is 0 Å². The second-order valence-electron chi connectivity index (χ2n) is 4.67. The zero-order valence-electron chi connectivity index (χ0n) is 10.3. The van der Waals surface area contributed by atoms with Crippen LogP contribution in [0, 0.1) is 0 Å². The van der Waals surface area contributed by atoms with Crippen LogP contribution >= 0.6 is 0 Å². The van der Waals surface area contributed by atoms with Gasteiger partial charge in [0.2, 0.25) is 0 Å². The number of aromatic nitrogens is 1. The zero-order chi connectivity index (χ0) is 13.2. The molecule has 2 aromatic rings. The number of anilines is 1. The molecule has 0 spiro atoms. The first-order valence-corrected chi connectivity index (χ1v) is 6.28. The van der Waals surface area contributed by atoms with Crippen LogP contribution in [0.5, 0.6) is 0 Å². The third-order valence-corrected chi connectivity index (χ3v) is 3.43. The van der Waals surface area contributed by atoms with E-state index in [0.717, 1.165) is 24.2 Å². The molecular formula is C15H14N2O2. The summed E-state index contributed by atoms with van der Waals surface area (Å²) in [5.41, 5.74) is 3.62. The van der Waals surface area contributed by atoms with Crippen LogP contribution in [-0.2, 0) is 6.42 Å². The summed E-state index contributed by atoms with van der Waals surface area (Å²) in [5, 5.41) is 12.3. The van der Waals surface area contributed by atoms with Gasteiger partial charge in [0.05, 0.1) is 17.3 Å². The van der Waals surface area contributed by atoms with E-state index in [1.165, 1.54) is 5.56 Å². The van der Waals surface area contributed by atoms with Gasteiger partial charge in [-0.05, 0) is 48.7 Å². The Kier molecular flexibility index (Phi) is 2.91. The summed E-state index contributed by atoms with van der Waals surface area (Å²) in [6.07, 6.45) is 3.87. The molecule has 2 N–H and O–H groups in total. The van der Waals surface area contributed by atoms with Gasteiger partial charge in [-0.2, -0.15) is 0 Å². The van der Waals surface area contributed by atoms with Crippen LogP contribution in [0.2, 0.25) is 0 Å². The van der Waals surface area contributed by atoms with Crippen LogP contribution < -0.4 is 5.32 Å². The third kappa shape index (κ3) is 2.29. The van der Waals surface area contributed by atoms with Gasteiger partial charge in [-0.3, -0.25) is 4.98 Å². The number of carbonyl (C=O) groups is 1. The van der Waals surface area contributed by atoms with Gasteiger partial charge in [-0.25, -0.2) is 4.79 Å². The summed E-state index contributed by atoms with van der Waals surface area (Å²) >= 11 is 0. The highest BCUT2D eigenvalue weighted by molar-refractivity contribution is 5.88. The fraction of sp³-hybridized carbons (Fsp3) is 0.200. The van der Waals surface area contributed by atoms with Gasteiger partial charge in [0.15, 0.2) is 0 Å². The van der Waals surface area contributed by atoms with E-state index in [-0.39, 0.29) is 6.04 Å². The average molecular weight is 254 g/mol. The van der Waals surface area contributed by atoms with E-state index in [2.05, 4.69) is 16.4 Å². The lowest BCUT2D eigenvalue weighted by molar-refractivity contribution is 0.0697. The molecule has 0 aliphatic heterocycles. The molecule has 4 heteroatoms. The molecule has 0 saturated carbocycles. The van der Waals surface area contributed by atoms with Gasteiger partial charge in [0.1, 0.15) is 0 Å². The van der Waals surface area contributed by atoms with E-state index in [0.29, 0.717) is 5.56 Å². The lowest BCUT2D eigenvalue weighted by Gasteiger charge is -2.14. The number of nitrogens with zero attached hydrogens (tertiary/aromatic N) is 1. The minimum Gasteiger partial charge on any atom is -0.478 e. The standard InChI is InChI=1S/C15H14N2O2/c18-15(19)11-3-6-12(7-4-11)17-13-8-5-10-2-1-9-16-14(10)13/h1-4,6-7,9,13,17H,5,8H2,(H,18,19). The lowest BCUT2D eigenvalue weighted by Crippen LogP contribution is -2.08. The largest absolute Gasteiger partial charge is 0.478 e. The summed E-state index contributed by atoms with van der Waals surface area (Å²) in [5.74, 6) is -0.903. The molecule has 96 valence electrons. The van der Waals surface area contributed by atoms with Crippen molar-refractivity contribution >= 4 is 11.7 Å². The van der Waals surface area contributed by atoms with Crippen molar-refractivity contribution in [3.8, 4) is 0 Å². The number of hydrogen-bond acceptors (Lipinski definition) is 3. The number of fused-ring (bicyclic) bond motifs is 1. The van der Waals surface area contributed by atoms with Crippen molar-refractivity contribution in [1.82, 2.24) is 4.98 Å². The van der Waals surface area contributed by atoms with Gasteiger partial charge in [0, 0.05) is 11.9 Å². The van der Waals surface area contributed by atoms with Crippen molar-refractivity contribution in [2.75, 3.05) is 5.32 Å². The maximum Gasteiger partial charge on any atom is 0.335 e. The van der Waals surface area contributed by atoms with Crippen molar-refractivity contribution in [3.05, 3.63) is 59.4 Å². The maximum atomic E-state index is 10.8. The molecule has 0 saturated heterocycles. The number of aryl methyl sites for hydroxylation is 1. The number of pyridine rings is 1. The number of hydrogen-bond donors (Lipinski definition) is 2. The molecule has 0 fully saturated rings. The van der Waals surface area contributed by atoms with E-state index >= 15 is 0 Å². The van der Waals surface area contributed by atoms with E-state index in [1.54, 1.807) is 24.3 Å². The molecular weight excluding hydrogens is 240 g/mol. The number of carboxylic acids is 1. The van der Waals surface area contributed by atoms with Crippen LogP contribution in [0.1, 0.15) is 34.1 Å². The molecule has 1 atom stereocenters. The van der Waals surface area contributed by atoms with Crippen molar-refractivity contribution < 1.29 is 9.90 Å². The normalized spacial score (nSPS) is 16.9. The van der Waals surface area contributed by atoms with Crippen molar-refractivity contribution in [3.63, 3.8) is 0 Å². The molecule has 3 rings (SSSR count). The number of benzene rings is 1. The summed E-state index contributed by atoms with van der Waals surface area (Å²) in [6, 6.07) is 11.1. The first-order chi connectivity index (χ1) is 9.24. The van der Waals surface area contributed by atoms with E-state index in [1.807, 2.05) is 12.3 Å². The quantitative estimate of drug-likeness (QED) is 0.884. The Morgan fingerprint density at radius 3 is 2.79 bits per heavy atom. The number of aromatic carboxylic acids is 1. The van der Waals surface area contributed by atoms with Crippen molar-refractivity contribution in [1.29, 1.82) is 0 Å². The van der Waals surface area contributed by atoms with Gasteiger partial charge in [-0.1, -0.05) is 6.07 Å². The van der Waals surface area contributed by atoms with Gasteiger partial charge >= 0.3 is 5.97 Å². The summed E-state index contributed by atoms with van der Waals surface area (Å²) in [6.45, 7) is 0. The first-order valence-electron chi connectivity index (χ1n) is 6.28. The molecule has 1 aliphatic rings. The number of carboxylic acid groups (broad SMARTS) is 1. The minimum atomic E-state index is -0.903. The number of rotatable bonds is 3. The lowest BCUT2D eigenvalue weighted by atomic mass is 10.1. The molecule has 1 aromatic heterocycles. The Labute approximate surface area is 111 Å². The Morgan fingerprint density at radius 1 is 1.26 bits per heavy atom. The van der Waals surface area contributed by atoms with Crippen LogP contribution in [0.15, 0.2) is 42.6 Å². The Bertz CT molecular complexity index is 608. The minimum absolute atomic E-state index is 0.215. The van der Waals surface area contributed by atoms with Gasteiger partial charge in [-0.15, -0.1) is 0 Å². The predicted molar refractivity (Wildman–Crippen MR) is 72.3 cm³/mol. The smallest absolute Gasteiger partial charge is 0.335 e. The molecule has 1 aromatic carbocycles. The highest BCUT2D eigenvalue weighted by atomic mass is 16.4. The first kappa shape index (κ1) is 11.7. The van der Waals surface area contributed by atoms with Crippen LogP contribution in [-0.4, -0.2) is 16.1 Å². The Balaban J connectivity index is 1.78. The summed E-state index contributed by atoms with van der Waals surface area (Å²) < 4.78 is 0. The van der Waals surface area contributed by atoms with Crippen molar-refractivity contribution in [2.45, 2.75) is 18.9 Å². The topological polar surface area (TPSA) is 62.2 Å². The highest BCUT2D eigenvalue weighted by Gasteiger charge is 2.23.